The molecule has 3 aromatic carbocycles. The molecule has 0 unspecified atom stereocenters. The van der Waals surface area contributed by atoms with Crippen molar-refractivity contribution in [2.24, 2.45) is 10.2 Å². The molecule has 0 atom stereocenters. The van der Waals surface area contributed by atoms with E-state index in [0.717, 1.165) is 11.1 Å². The number of halogens is 1. The molecule has 9 heteroatoms. The second kappa shape index (κ2) is 9.84. The number of azo groups is 1. The van der Waals surface area contributed by atoms with Crippen LogP contribution < -0.4 is 14.2 Å². The molecule has 0 saturated heterocycles. The van der Waals surface area contributed by atoms with E-state index in [9.17, 15) is 9.90 Å². The molecule has 1 amide bonds. The highest BCUT2D eigenvalue weighted by molar-refractivity contribution is 6.31. The lowest BCUT2D eigenvalue weighted by molar-refractivity contribution is 0.0994. The van der Waals surface area contributed by atoms with Crippen LogP contribution in [0.25, 0.3) is 10.9 Å². The lowest BCUT2D eigenvalue weighted by atomic mass is 10.1. The maximum atomic E-state index is 12.8. The summed E-state index contributed by atoms with van der Waals surface area (Å²) in [5, 5.41) is 20.2. The van der Waals surface area contributed by atoms with Crippen LogP contribution in [0.1, 0.15) is 15.9 Å². The number of hydrogen-bond donors (Lipinski definition) is 1. The number of fused-ring (bicyclic) bond motifs is 1. The van der Waals surface area contributed by atoms with Crippen LogP contribution in [-0.2, 0) is 6.54 Å². The average Bonchev–Trinajstić information content (AvgIpc) is 3.13. The van der Waals surface area contributed by atoms with Crippen molar-refractivity contribution >= 4 is 34.1 Å². The number of aromatic hydroxyl groups is 1. The zero-order chi connectivity index (χ0) is 24.2. The Bertz CT molecular complexity index is 1370. The van der Waals surface area contributed by atoms with Crippen LogP contribution >= 0.6 is 11.6 Å². The van der Waals surface area contributed by atoms with Crippen molar-refractivity contribution in [1.29, 1.82) is 0 Å². The second-order valence-corrected chi connectivity index (χ2v) is 7.69. The summed E-state index contributed by atoms with van der Waals surface area (Å²) >= 11 is 6.32. The maximum Gasteiger partial charge on any atom is 0.295 e. The molecule has 0 fully saturated rings. The number of aromatic nitrogens is 1. The van der Waals surface area contributed by atoms with Crippen LogP contribution in [0, 0.1) is 0 Å². The largest absolute Gasteiger partial charge is 0.493 e. The minimum atomic E-state index is -0.637. The molecule has 0 saturated carbocycles. The Morgan fingerprint density at radius 3 is 2.26 bits per heavy atom. The fourth-order valence-electron chi connectivity index (χ4n) is 3.68. The van der Waals surface area contributed by atoms with Crippen molar-refractivity contribution in [3.63, 3.8) is 0 Å². The molecule has 174 valence electrons. The molecular formula is C25H22ClN3O5. The van der Waals surface area contributed by atoms with Crippen LogP contribution in [0.3, 0.4) is 0 Å². The molecule has 4 rings (SSSR count). The van der Waals surface area contributed by atoms with Crippen LogP contribution in [-0.4, -0.2) is 36.9 Å². The Morgan fingerprint density at radius 2 is 1.62 bits per heavy atom. The molecule has 0 aliphatic heterocycles. The lowest BCUT2D eigenvalue weighted by Crippen LogP contribution is -2.00. The van der Waals surface area contributed by atoms with Gasteiger partial charge in [-0.1, -0.05) is 48.0 Å². The van der Waals surface area contributed by atoms with Gasteiger partial charge in [0.05, 0.1) is 39.0 Å². The Kier molecular flexibility index (Phi) is 6.70. The van der Waals surface area contributed by atoms with E-state index in [1.807, 2.05) is 36.4 Å². The maximum absolute atomic E-state index is 12.8. The average molecular weight is 480 g/mol. The van der Waals surface area contributed by atoms with Gasteiger partial charge in [-0.3, -0.25) is 4.79 Å². The Morgan fingerprint density at radius 1 is 0.971 bits per heavy atom. The minimum absolute atomic E-state index is 0.123. The monoisotopic (exact) mass is 479 g/mol. The zero-order valence-electron chi connectivity index (χ0n) is 18.8. The molecule has 1 N–H and O–H groups in total. The predicted molar refractivity (Wildman–Crippen MR) is 129 cm³/mol. The summed E-state index contributed by atoms with van der Waals surface area (Å²) < 4.78 is 17.6. The van der Waals surface area contributed by atoms with E-state index in [1.165, 1.54) is 33.5 Å². The predicted octanol–water partition coefficient (Wildman–Crippen LogP) is 6.00. The second-order valence-electron chi connectivity index (χ2n) is 7.29. The van der Waals surface area contributed by atoms with Crippen molar-refractivity contribution < 1.29 is 24.1 Å². The van der Waals surface area contributed by atoms with Gasteiger partial charge in [-0.15, -0.1) is 10.2 Å². The Balaban J connectivity index is 1.73. The van der Waals surface area contributed by atoms with Gasteiger partial charge in [0, 0.05) is 10.4 Å². The van der Waals surface area contributed by atoms with E-state index in [0.29, 0.717) is 34.2 Å². The van der Waals surface area contributed by atoms with Gasteiger partial charge in [-0.25, -0.2) is 0 Å². The molecule has 0 spiro atoms. The van der Waals surface area contributed by atoms with Gasteiger partial charge in [0.2, 0.25) is 11.6 Å². The van der Waals surface area contributed by atoms with Crippen molar-refractivity contribution in [3.8, 4) is 23.1 Å². The molecular weight excluding hydrogens is 458 g/mol. The number of benzene rings is 3. The number of hydrogen-bond acceptors (Lipinski definition) is 6. The van der Waals surface area contributed by atoms with Gasteiger partial charge < -0.3 is 23.9 Å². The summed E-state index contributed by atoms with van der Waals surface area (Å²) in [6.45, 7) is 0.322. The quantitative estimate of drug-likeness (QED) is 0.328. The van der Waals surface area contributed by atoms with E-state index in [2.05, 4.69) is 10.2 Å². The van der Waals surface area contributed by atoms with Gasteiger partial charge in [-0.2, -0.15) is 0 Å². The highest BCUT2D eigenvalue weighted by Crippen LogP contribution is 2.41. The highest BCUT2D eigenvalue weighted by atomic mass is 35.5. The number of methoxy groups -OCH3 is 3. The normalized spacial score (nSPS) is 11.2. The number of rotatable bonds is 7. The van der Waals surface area contributed by atoms with E-state index >= 15 is 0 Å². The smallest absolute Gasteiger partial charge is 0.295 e. The van der Waals surface area contributed by atoms with Crippen LogP contribution in [0.15, 0.2) is 70.9 Å². The van der Waals surface area contributed by atoms with Crippen LogP contribution in [0.4, 0.5) is 5.69 Å². The van der Waals surface area contributed by atoms with Gasteiger partial charge >= 0.3 is 0 Å². The number of ether oxygens (including phenoxy) is 3. The third kappa shape index (κ3) is 4.27. The molecule has 4 aromatic rings. The first-order chi connectivity index (χ1) is 16.5. The third-order valence-corrected chi connectivity index (χ3v) is 5.72. The summed E-state index contributed by atoms with van der Waals surface area (Å²) in [6, 6.07) is 17.7. The highest BCUT2D eigenvalue weighted by Gasteiger charge is 2.20. The summed E-state index contributed by atoms with van der Waals surface area (Å²) in [7, 11) is 4.39. The summed E-state index contributed by atoms with van der Waals surface area (Å²) in [6.07, 6.45) is 0. The topological polar surface area (TPSA) is 94.6 Å². The fourth-order valence-corrected chi connectivity index (χ4v) is 3.88. The van der Waals surface area contributed by atoms with E-state index in [4.69, 9.17) is 25.8 Å². The summed E-state index contributed by atoms with van der Waals surface area (Å²) in [5.41, 5.74) is 1.94. The van der Waals surface area contributed by atoms with E-state index in [1.54, 1.807) is 16.7 Å². The summed E-state index contributed by atoms with van der Waals surface area (Å²) in [4.78, 5) is 12.8. The molecule has 34 heavy (non-hydrogen) atoms. The fraction of sp³-hybridized carbons (Fsp3) is 0.160. The van der Waals surface area contributed by atoms with Gasteiger partial charge in [0.1, 0.15) is 0 Å². The van der Waals surface area contributed by atoms with Crippen LogP contribution in [0.2, 0.25) is 5.02 Å². The van der Waals surface area contributed by atoms with Crippen molar-refractivity contribution in [1.82, 2.24) is 4.57 Å². The Hall–Kier alpha value is -4.04. The number of carbonyl (C=O) groups is 1. The molecule has 0 radical (unpaired) electrons. The number of amides is 1. The van der Waals surface area contributed by atoms with Crippen molar-refractivity contribution in [2.45, 2.75) is 6.54 Å². The SMILES string of the molecule is COc1cc(C(=O)N=Nc2c(O)n(Cc3ccccc3Cl)c3ccccc23)cc(OC)c1OC. The number of nitrogens with zero attached hydrogens (tertiary/aromatic N) is 3. The van der Waals surface area contributed by atoms with Crippen LogP contribution in [0.5, 0.6) is 23.1 Å². The zero-order valence-corrected chi connectivity index (χ0v) is 19.5. The minimum Gasteiger partial charge on any atom is -0.493 e. The van der Waals surface area contributed by atoms with E-state index < -0.39 is 5.91 Å². The van der Waals surface area contributed by atoms with Crippen molar-refractivity contribution in [3.05, 3.63) is 76.8 Å². The third-order valence-electron chi connectivity index (χ3n) is 5.36. The first kappa shape index (κ1) is 23.1. The van der Waals surface area contributed by atoms with E-state index in [-0.39, 0.29) is 17.1 Å². The lowest BCUT2D eigenvalue weighted by Gasteiger charge is -2.12. The molecule has 0 aliphatic carbocycles. The summed E-state index contributed by atoms with van der Waals surface area (Å²) in [5.74, 6) is 0.238. The number of para-hydroxylation sites is 1. The standard InChI is InChI=1S/C25H22ClN3O5/c1-32-20-12-16(13-21(33-2)23(20)34-3)24(30)28-27-22-17-9-5-7-11-19(17)29(25(22)31)14-15-8-4-6-10-18(15)26/h4-13,31H,14H2,1-3H3. The Labute approximate surface area is 201 Å². The molecule has 0 bridgehead atoms. The van der Waals surface area contributed by atoms with Crippen molar-refractivity contribution in [2.75, 3.05) is 21.3 Å². The first-order valence-corrected chi connectivity index (χ1v) is 10.7. The van der Waals surface area contributed by atoms with Gasteiger partial charge in [0.25, 0.3) is 5.91 Å². The number of carbonyl (C=O) groups excluding carboxylic acids is 1. The first-order valence-electron chi connectivity index (χ1n) is 10.3. The molecule has 0 aliphatic rings. The van der Waals surface area contributed by atoms with Gasteiger partial charge in [0.15, 0.2) is 17.2 Å². The molecule has 1 aromatic heterocycles. The molecule has 1 heterocycles. The van der Waals surface area contributed by atoms with Gasteiger partial charge in [-0.05, 0) is 29.8 Å². The molecule has 8 nitrogen and oxygen atoms in total.